The van der Waals surface area contributed by atoms with Gasteiger partial charge in [0.25, 0.3) is 0 Å². The third-order valence-electron chi connectivity index (χ3n) is 4.00. The first-order chi connectivity index (χ1) is 12.5. The molecule has 6 heteroatoms. The lowest BCUT2D eigenvalue weighted by molar-refractivity contribution is 0.112. The molecule has 0 amide bonds. The fourth-order valence-corrected chi connectivity index (χ4v) is 2.61. The van der Waals surface area contributed by atoms with Crippen molar-refractivity contribution < 1.29 is 4.74 Å². The predicted octanol–water partition coefficient (Wildman–Crippen LogP) is 3.46. The Labute approximate surface area is 160 Å². The number of ether oxygens (including phenoxy) is 1. The van der Waals surface area contributed by atoms with Crippen LogP contribution >= 0.6 is 12.2 Å². The number of aryl methyl sites for hydroxylation is 2. The monoisotopic (exact) mass is 370 g/mol. The molecular formula is C20H26N4OS. The van der Waals surface area contributed by atoms with E-state index in [0.29, 0.717) is 30.8 Å². The number of benzene rings is 2. The molecule has 0 aliphatic heterocycles. The molecule has 0 fully saturated rings. The molecule has 0 aliphatic rings. The van der Waals surface area contributed by atoms with E-state index in [9.17, 15) is 0 Å². The molecule has 0 atom stereocenters. The van der Waals surface area contributed by atoms with Crippen molar-refractivity contribution in [2.75, 3.05) is 25.5 Å². The molecule has 0 spiro atoms. The van der Waals surface area contributed by atoms with Crippen LogP contribution in [0.4, 0.5) is 5.69 Å². The van der Waals surface area contributed by atoms with Gasteiger partial charge in [0.15, 0.2) is 5.96 Å². The normalized spacial score (nSPS) is 11.3. The quantitative estimate of drug-likeness (QED) is 0.353. The van der Waals surface area contributed by atoms with Crippen LogP contribution in [0.1, 0.15) is 16.7 Å². The Morgan fingerprint density at radius 3 is 2.42 bits per heavy atom. The zero-order valence-electron chi connectivity index (χ0n) is 15.5. The van der Waals surface area contributed by atoms with Crippen molar-refractivity contribution in [1.82, 2.24) is 4.90 Å². The fourth-order valence-electron chi connectivity index (χ4n) is 2.42. The van der Waals surface area contributed by atoms with Crippen LogP contribution in [0.15, 0.2) is 53.5 Å². The number of para-hydroxylation sites is 1. The number of hydrogen-bond acceptors (Lipinski definition) is 2. The molecule has 0 radical (unpaired) electrons. The van der Waals surface area contributed by atoms with Gasteiger partial charge in [0.05, 0.1) is 13.2 Å². The Kier molecular flexibility index (Phi) is 7.56. The van der Waals surface area contributed by atoms with Crippen molar-refractivity contribution in [2.24, 2.45) is 10.7 Å². The Hall–Kier alpha value is -2.44. The highest BCUT2D eigenvalue weighted by atomic mass is 32.1. The van der Waals surface area contributed by atoms with Crippen molar-refractivity contribution in [1.29, 1.82) is 0 Å². The van der Waals surface area contributed by atoms with Crippen LogP contribution in [0.5, 0.6) is 0 Å². The van der Waals surface area contributed by atoms with Crippen LogP contribution in [-0.4, -0.2) is 36.2 Å². The minimum atomic E-state index is 0.344. The molecule has 2 rings (SSSR count). The maximum Gasteiger partial charge on any atom is 0.200 e. The van der Waals surface area contributed by atoms with Crippen molar-refractivity contribution in [2.45, 2.75) is 20.5 Å². The molecular weight excluding hydrogens is 344 g/mol. The van der Waals surface area contributed by atoms with E-state index in [1.165, 1.54) is 0 Å². The number of guanidine groups is 1. The minimum Gasteiger partial charge on any atom is -0.375 e. The number of nitrogens with zero attached hydrogens (tertiary/aromatic N) is 2. The minimum absolute atomic E-state index is 0.344. The smallest absolute Gasteiger partial charge is 0.200 e. The van der Waals surface area contributed by atoms with Crippen LogP contribution in [0.3, 0.4) is 0 Å². The summed E-state index contributed by atoms with van der Waals surface area (Å²) in [6, 6.07) is 16.1. The lowest BCUT2D eigenvalue weighted by Gasteiger charge is -2.18. The number of nitrogens with one attached hydrogen (secondary N) is 1. The summed E-state index contributed by atoms with van der Waals surface area (Å²) in [5.41, 5.74) is 10.4. The summed E-state index contributed by atoms with van der Waals surface area (Å²) in [5.74, 6) is 0.358. The first-order valence-corrected chi connectivity index (χ1v) is 8.92. The van der Waals surface area contributed by atoms with Crippen molar-refractivity contribution >= 4 is 29.0 Å². The molecule has 0 saturated carbocycles. The van der Waals surface area contributed by atoms with E-state index < -0.39 is 0 Å². The molecule has 2 aromatic carbocycles. The molecule has 138 valence electrons. The molecule has 0 heterocycles. The Balaban J connectivity index is 1.80. The number of likely N-dealkylation sites (N-methyl/N-ethyl adjacent to an activating group) is 1. The SMILES string of the molecule is Cc1cccc(C)c1NC(=S)/N=C(/N)N(C)CCOCc1ccccc1. The molecule has 0 saturated heterocycles. The Morgan fingerprint density at radius 1 is 1.12 bits per heavy atom. The summed E-state index contributed by atoms with van der Waals surface area (Å²) in [5, 5.41) is 3.50. The van der Waals surface area contributed by atoms with Gasteiger partial charge in [-0.25, -0.2) is 0 Å². The molecule has 0 unspecified atom stereocenters. The summed E-state index contributed by atoms with van der Waals surface area (Å²) in [7, 11) is 1.87. The number of aliphatic imine (C=N–C) groups is 1. The standard InChI is InChI=1S/C20H26N4OS/c1-15-8-7-9-16(2)18(15)22-20(26)23-19(21)24(3)12-13-25-14-17-10-5-4-6-11-17/h4-11H,12-14H2,1-3H3,(H3,21,22,23,26). The van der Waals surface area contributed by atoms with Gasteiger partial charge in [-0.1, -0.05) is 48.5 Å². The summed E-state index contributed by atoms with van der Waals surface area (Å²) < 4.78 is 5.67. The van der Waals surface area contributed by atoms with Gasteiger partial charge in [-0.2, -0.15) is 4.99 Å². The summed E-state index contributed by atoms with van der Waals surface area (Å²) in [4.78, 5) is 6.10. The van der Waals surface area contributed by atoms with Gasteiger partial charge in [-0.15, -0.1) is 0 Å². The summed E-state index contributed by atoms with van der Waals surface area (Å²) in [6.45, 7) is 5.83. The zero-order valence-corrected chi connectivity index (χ0v) is 16.3. The maximum atomic E-state index is 6.03. The average Bonchev–Trinajstić information content (AvgIpc) is 2.62. The van der Waals surface area contributed by atoms with E-state index in [0.717, 1.165) is 22.4 Å². The van der Waals surface area contributed by atoms with Crippen LogP contribution in [-0.2, 0) is 11.3 Å². The van der Waals surface area contributed by atoms with E-state index in [4.69, 9.17) is 22.7 Å². The van der Waals surface area contributed by atoms with Crippen molar-refractivity contribution in [3.63, 3.8) is 0 Å². The molecule has 2 aromatic rings. The Bertz CT molecular complexity index is 741. The predicted molar refractivity (Wildman–Crippen MR) is 112 cm³/mol. The van der Waals surface area contributed by atoms with Crippen LogP contribution in [0.2, 0.25) is 0 Å². The summed E-state index contributed by atoms with van der Waals surface area (Å²) >= 11 is 5.31. The third kappa shape index (κ3) is 6.13. The molecule has 26 heavy (non-hydrogen) atoms. The van der Waals surface area contributed by atoms with Crippen LogP contribution in [0.25, 0.3) is 0 Å². The third-order valence-corrected chi connectivity index (χ3v) is 4.20. The van der Waals surface area contributed by atoms with Gasteiger partial charge >= 0.3 is 0 Å². The van der Waals surface area contributed by atoms with Crippen molar-refractivity contribution in [3.05, 3.63) is 65.2 Å². The van der Waals surface area contributed by atoms with Crippen molar-refractivity contribution in [3.8, 4) is 0 Å². The van der Waals surface area contributed by atoms with E-state index in [1.807, 2.05) is 74.3 Å². The summed E-state index contributed by atoms with van der Waals surface area (Å²) in [6.07, 6.45) is 0. The van der Waals surface area contributed by atoms with Crippen LogP contribution < -0.4 is 11.1 Å². The second-order valence-corrected chi connectivity index (χ2v) is 6.51. The molecule has 0 aromatic heterocycles. The topological polar surface area (TPSA) is 62.9 Å². The zero-order chi connectivity index (χ0) is 18.9. The van der Waals surface area contributed by atoms with Gasteiger partial charge in [0.2, 0.25) is 5.11 Å². The highest BCUT2D eigenvalue weighted by Gasteiger charge is 2.06. The molecule has 3 N–H and O–H groups in total. The van der Waals surface area contributed by atoms with E-state index in [1.54, 1.807) is 0 Å². The largest absolute Gasteiger partial charge is 0.375 e. The highest BCUT2D eigenvalue weighted by Crippen LogP contribution is 2.19. The second-order valence-electron chi connectivity index (χ2n) is 6.13. The average molecular weight is 371 g/mol. The van der Waals surface area contributed by atoms with Gasteiger partial charge in [-0.05, 0) is 42.8 Å². The highest BCUT2D eigenvalue weighted by molar-refractivity contribution is 7.80. The first kappa shape index (κ1) is 19.9. The number of anilines is 1. The van der Waals surface area contributed by atoms with E-state index in [-0.39, 0.29) is 0 Å². The number of nitrogens with two attached hydrogens (primary N) is 1. The van der Waals surface area contributed by atoms with E-state index in [2.05, 4.69) is 10.3 Å². The first-order valence-electron chi connectivity index (χ1n) is 8.51. The molecule has 0 aliphatic carbocycles. The van der Waals surface area contributed by atoms with Gasteiger partial charge in [-0.3, -0.25) is 0 Å². The second kappa shape index (κ2) is 9.89. The lowest BCUT2D eigenvalue weighted by Crippen LogP contribution is -2.37. The van der Waals surface area contributed by atoms with Gasteiger partial charge in [0, 0.05) is 19.3 Å². The lowest BCUT2D eigenvalue weighted by atomic mass is 10.1. The van der Waals surface area contributed by atoms with Gasteiger partial charge < -0.3 is 20.7 Å². The molecule has 5 nitrogen and oxygen atoms in total. The number of rotatable bonds is 6. The Morgan fingerprint density at radius 2 is 1.77 bits per heavy atom. The maximum absolute atomic E-state index is 6.03. The van der Waals surface area contributed by atoms with Gasteiger partial charge in [0.1, 0.15) is 0 Å². The fraction of sp³-hybridized carbons (Fsp3) is 0.300. The number of thiocarbonyl (C=S) groups is 1. The van der Waals surface area contributed by atoms with E-state index >= 15 is 0 Å². The molecule has 0 bridgehead atoms. The van der Waals surface area contributed by atoms with Crippen LogP contribution in [0, 0.1) is 13.8 Å². The number of hydrogen-bond donors (Lipinski definition) is 2.